The summed E-state index contributed by atoms with van der Waals surface area (Å²) in [6.45, 7) is 4.95. The molecule has 0 saturated carbocycles. The average molecular weight is 420 g/mol. The van der Waals surface area contributed by atoms with Gasteiger partial charge in [0.05, 0.1) is 17.8 Å². The van der Waals surface area contributed by atoms with Gasteiger partial charge in [-0.15, -0.1) is 23.7 Å². The van der Waals surface area contributed by atoms with Gasteiger partial charge in [-0.1, -0.05) is 13.0 Å². The molecule has 28 heavy (non-hydrogen) atoms. The standard InChI is InChI=1S/C22H29N3OS.ClH/c1-16-7-8-19-20(15-27-21(19)13-16)22(26)25(14-17-5-2-3-11-24-17)18-6-4-10-23-12-9-18;/h2-3,5,11,15-16,18,23H,4,6-10,12-14H2,1H3;1H. The molecule has 1 fully saturated rings. The van der Waals surface area contributed by atoms with Crippen molar-refractivity contribution in [2.45, 2.75) is 58.0 Å². The highest BCUT2D eigenvalue weighted by molar-refractivity contribution is 7.10. The minimum atomic E-state index is 0. The number of thiophene rings is 1. The van der Waals surface area contributed by atoms with Crippen LogP contribution in [0.15, 0.2) is 29.8 Å². The Morgan fingerprint density at radius 1 is 1.29 bits per heavy atom. The second-order valence-electron chi connectivity index (χ2n) is 7.99. The van der Waals surface area contributed by atoms with Crippen LogP contribution >= 0.6 is 23.7 Å². The Morgan fingerprint density at radius 3 is 3.00 bits per heavy atom. The number of hydrogen-bond donors (Lipinski definition) is 1. The molecule has 4 rings (SSSR count). The largest absolute Gasteiger partial charge is 0.330 e. The molecule has 0 radical (unpaired) electrons. The summed E-state index contributed by atoms with van der Waals surface area (Å²) in [5.74, 6) is 0.941. The predicted molar refractivity (Wildman–Crippen MR) is 117 cm³/mol. The monoisotopic (exact) mass is 419 g/mol. The molecule has 2 aromatic rings. The molecule has 4 nitrogen and oxygen atoms in total. The molecule has 1 amide bonds. The van der Waals surface area contributed by atoms with Gasteiger partial charge < -0.3 is 10.2 Å². The molecule has 2 unspecified atom stereocenters. The summed E-state index contributed by atoms with van der Waals surface area (Å²) in [6.07, 6.45) is 8.39. The zero-order valence-corrected chi connectivity index (χ0v) is 18.2. The Bertz CT molecular complexity index is 771. The SMILES string of the molecule is CC1CCc2c(C(=O)N(Cc3ccccn3)C3CCCNCC3)csc2C1.Cl. The first kappa shape index (κ1) is 21.3. The summed E-state index contributed by atoms with van der Waals surface area (Å²) < 4.78 is 0. The molecule has 1 saturated heterocycles. The van der Waals surface area contributed by atoms with Gasteiger partial charge in [0.15, 0.2) is 0 Å². The Labute approximate surface area is 178 Å². The third-order valence-electron chi connectivity index (χ3n) is 5.94. The lowest BCUT2D eigenvalue weighted by atomic mass is 9.88. The van der Waals surface area contributed by atoms with Gasteiger partial charge >= 0.3 is 0 Å². The number of fused-ring (bicyclic) bond motifs is 1. The molecule has 1 N–H and O–H groups in total. The fourth-order valence-corrected chi connectivity index (χ4v) is 5.59. The van der Waals surface area contributed by atoms with Gasteiger partial charge in [0.1, 0.15) is 0 Å². The van der Waals surface area contributed by atoms with E-state index in [4.69, 9.17) is 0 Å². The van der Waals surface area contributed by atoms with E-state index >= 15 is 0 Å². The predicted octanol–water partition coefficient (Wildman–Crippen LogP) is 4.47. The van der Waals surface area contributed by atoms with Crippen LogP contribution in [0.5, 0.6) is 0 Å². The number of amides is 1. The Hall–Kier alpha value is -1.43. The van der Waals surface area contributed by atoms with Gasteiger partial charge in [0, 0.05) is 22.5 Å². The van der Waals surface area contributed by atoms with Gasteiger partial charge in [-0.2, -0.15) is 0 Å². The van der Waals surface area contributed by atoms with Crippen LogP contribution in [0.4, 0.5) is 0 Å². The smallest absolute Gasteiger partial charge is 0.255 e. The van der Waals surface area contributed by atoms with Crippen molar-refractivity contribution in [3.63, 3.8) is 0 Å². The van der Waals surface area contributed by atoms with Crippen LogP contribution in [0.2, 0.25) is 0 Å². The van der Waals surface area contributed by atoms with Gasteiger partial charge in [0.25, 0.3) is 5.91 Å². The topological polar surface area (TPSA) is 45.2 Å². The summed E-state index contributed by atoms with van der Waals surface area (Å²) in [5, 5.41) is 5.59. The first-order valence-electron chi connectivity index (χ1n) is 10.2. The molecule has 0 aromatic carbocycles. The van der Waals surface area contributed by atoms with E-state index in [0.717, 1.165) is 62.4 Å². The summed E-state index contributed by atoms with van der Waals surface area (Å²) in [6, 6.07) is 6.25. The van der Waals surface area contributed by atoms with Crippen molar-refractivity contribution in [3.8, 4) is 0 Å². The van der Waals surface area contributed by atoms with E-state index in [1.165, 1.54) is 16.9 Å². The third kappa shape index (κ3) is 4.76. The molecule has 1 aliphatic carbocycles. The number of nitrogens with one attached hydrogen (secondary N) is 1. The lowest BCUT2D eigenvalue weighted by Crippen LogP contribution is -2.41. The quantitative estimate of drug-likeness (QED) is 0.794. The van der Waals surface area contributed by atoms with Crippen LogP contribution < -0.4 is 5.32 Å². The van der Waals surface area contributed by atoms with E-state index in [0.29, 0.717) is 6.54 Å². The average Bonchev–Trinajstić information content (AvgIpc) is 2.91. The lowest BCUT2D eigenvalue weighted by Gasteiger charge is -2.31. The molecule has 152 valence electrons. The van der Waals surface area contributed by atoms with E-state index in [9.17, 15) is 4.79 Å². The molecule has 0 bridgehead atoms. The van der Waals surface area contributed by atoms with Crippen LogP contribution in [0.25, 0.3) is 0 Å². The Morgan fingerprint density at radius 2 is 2.18 bits per heavy atom. The van der Waals surface area contributed by atoms with Crippen molar-refractivity contribution in [1.29, 1.82) is 0 Å². The molecule has 2 atom stereocenters. The van der Waals surface area contributed by atoms with E-state index in [-0.39, 0.29) is 24.4 Å². The summed E-state index contributed by atoms with van der Waals surface area (Å²) >= 11 is 1.78. The van der Waals surface area contributed by atoms with Crippen LogP contribution in [0.3, 0.4) is 0 Å². The molecular formula is C22H30ClN3OS. The molecule has 2 aliphatic rings. The maximum absolute atomic E-state index is 13.7. The lowest BCUT2D eigenvalue weighted by molar-refractivity contribution is 0.0641. The van der Waals surface area contributed by atoms with Crippen molar-refractivity contribution in [2.24, 2.45) is 5.92 Å². The summed E-state index contributed by atoms with van der Waals surface area (Å²) in [4.78, 5) is 21.7. The Kier molecular flexibility index (Phi) is 7.49. The van der Waals surface area contributed by atoms with E-state index in [1.807, 2.05) is 24.4 Å². The highest BCUT2D eigenvalue weighted by Gasteiger charge is 2.30. The van der Waals surface area contributed by atoms with Crippen molar-refractivity contribution in [3.05, 3.63) is 51.5 Å². The minimum absolute atomic E-state index is 0. The number of carbonyl (C=O) groups excluding carboxylic acids is 1. The van der Waals surface area contributed by atoms with Gasteiger partial charge in [-0.05, 0) is 75.2 Å². The first-order chi connectivity index (χ1) is 13.2. The van der Waals surface area contributed by atoms with Gasteiger partial charge in [-0.25, -0.2) is 0 Å². The second kappa shape index (κ2) is 9.86. The number of halogens is 1. The number of rotatable bonds is 4. The van der Waals surface area contributed by atoms with E-state index < -0.39 is 0 Å². The highest BCUT2D eigenvalue weighted by Crippen LogP contribution is 2.34. The number of hydrogen-bond acceptors (Lipinski definition) is 4. The molecule has 3 heterocycles. The van der Waals surface area contributed by atoms with E-state index in [2.05, 4.69) is 27.5 Å². The van der Waals surface area contributed by atoms with Crippen molar-refractivity contribution >= 4 is 29.7 Å². The minimum Gasteiger partial charge on any atom is -0.330 e. The fraction of sp³-hybridized carbons (Fsp3) is 0.545. The fourth-order valence-electron chi connectivity index (χ4n) is 4.36. The highest BCUT2D eigenvalue weighted by atomic mass is 35.5. The molecule has 6 heteroatoms. The van der Waals surface area contributed by atoms with Crippen molar-refractivity contribution in [1.82, 2.24) is 15.2 Å². The van der Waals surface area contributed by atoms with Crippen LogP contribution in [0, 0.1) is 5.92 Å². The first-order valence-corrected chi connectivity index (χ1v) is 11.1. The maximum atomic E-state index is 13.7. The van der Waals surface area contributed by atoms with E-state index in [1.54, 1.807) is 11.3 Å². The van der Waals surface area contributed by atoms with Crippen molar-refractivity contribution < 1.29 is 4.79 Å². The maximum Gasteiger partial charge on any atom is 0.255 e. The number of carbonyl (C=O) groups is 1. The summed E-state index contributed by atoms with van der Waals surface area (Å²) in [5.41, 5.74) is 3.25. The molecule has 2 aromatic heterocycles. The van der Waals surface area contributed by atoms with Crippen LogP contribution in [-0.2, 0) is 19.4 Å². The van der Waals surface area contributed by atoms with Crippen molar-refractivity contribution in [2.75, 3.05) is 13.1 Å². The molecule has 0 spiro atoms. The van der Waals surface area contributed by atoms with Crippen LogP contribution in [-0.4, -0.2) is 34.9 Å². The number of aromatic nitrogens is 1. The molecular weight excluding hydrogens is 390 g/mol. The van der Waals surface area contributed by atoms with Gasteiger partial charge in [-0.3, -0.25) is 9.78 Å². The number of nitrogens with zero attached hydrogens (tertiary/aromatic N) is 2. The zero-order valence-electron chi connectivity index (χ0n) is 16.5. The molecule has 1 aliphatic heterocycles. The number of pyridine rings is 1. The van der Waals surface area contributed by atoms with Gasteiger partial charge in [0.2, 0.25) is 0 Å². The normalized spacial score (nSPS) is 21.9. The third-order valence-corrected chi connectivity index (χ3v) is 6.99. The van der Waals surface area contributed by atoms with Crippen LogP contribution in [0.1, 0.15) is 59.1 Å². The zero-order chi connectivity index (χ0) is 18.6. The Balaban J connectivity index is 0.00000225. The second-order valence-corrected chi connectivity index (χ2v) is 8.95. The summed E-state index contributed by atoms with van der Waals surface area (Å²) in [7, 11) is 0.